The van der Waals surface area contributed by atoms with Crippen LogP contribution in [0.2, 0.25) is 0 Å². The van der Waals surface area contributed by atoms with E-state index in [9.17, 15) is 13.2 Å². The van der Waals surface area contributed by atoms with Gasteiger partial charge >= 0.3 is 0 Å². The van der Waals surface area contributed by atoms with Gasteiger partial charge in [0.05, 0.1) is 19.0 Å². The third kappa shape index (κ3) is 4.12. The molecule has 0 spiro atoms. The highest BCUT2D eigenvalue weighted by atomic mass is 32.2. The molecular formula is C14H23N5O4S. The normalized spacial score (nSPS) is 19.5. The first-order valence-electron chi connectivity index (χ1n) is 8.17. The van der Waals surface area contributed by atoms with Gasteiger partial charge < -0.3 is 19.9 Å². The lowest BCUT2D eigenvalue weighted by molar-refractivity contribution is 0.0730. The van der Waals surface area contributed by atoms with Gasteiger partial charge in [-0.3, -0.25) is 4.79 Å². The maximum Gasteiger partial charge on any atom is 0.271 e. The fourth-order valence-corrected chi connectivity index (χ4v) is 4.14. The Kier molecular flexibility index (Phi) is 5.49. The van der Waals surface area contributed by atoms with Crippen LogP contribution in [0.15, 0.2) is 6.20 Å². The molecule has 10 heteroatoms. The molecule has 134 valence electrons. The lowest BCUT2D eigenvalue weighted by Crippen LogP contribution is -2.43. The highest BCUT2D eigenvalue weighted by Gasteiger charge is 2.24. The molecule has 3 heterocycles. The summed E-state index contributed by atoms with van der Waals surface area (Å²) in [6, 6.07) is 0. The molecule has 24 heavy (non-hydrogen) atoms. The van der Waals surface area contributed by atoms with Crippen molar-refractivity contribution in [1.82, 2.24) is 24.5 Å². The summed E-state index contributed by atoms with van der Waals surface area (Å²) in [6.07, 6.45) is 2.51. The van der Waals surface area contributed by atoms with Crippen molar-refractivity contribution in [3.63, 3.8) is 0 Å². The van der Waals surface area contributed by atoms with E-state index < -0.39 is 10.0 Å². The van der Waals surface area contributed by atoms with E-state index in [0.29, 0.717) is 32.0 Å². The van der Waals surface area contributed by atoms with Crippen molar-refractivity contribution in [2.45, 2.75) is 13.0 Å². The number of amides is 1. The third-order valence-electron chi connectivity index (χ3n) is 4.16. The Labute approximate surface area is 141 Å². The van der Waals surface area contributed by atoms with Crippen LogP contribution >= 0.6 is 0 Å². The lowest BCUT2D eigenvalue weighted by Gasteiger charge is -2.25. The second kappa shape index (κ2) is 7.60. The minimum atomic E-state index is -3.36. The number of nitrogens with zero attached hydrogens (tertiary/aromatic N) is 3. The average molecular weight is 357 g/mol. The van der Waals surface area contributed by atoms with Crippen molar-refractivity contribution < 1.29 is 17.9 Å². The van der Waals surface area contributed by atoms with Crippen LogP contribution in [0, 0.1) is 0 Å². The highest BCUT2D eigenvalue weighted by molar-refractivity contribution is 7.89. The Morgan fingerprint density at radius 3 is 2.88 bits per heavy atom. The minimum absolute atomic E-state index is 0.0717. The molecule has 1 aromatic heterocycles. The summed E-state index contributed by atoms with van der Waals surface area (Å²) in [4.78, 5) is 16.5. The Balaban J connectivity index is 1.52. The largest absolute Gasteiger partial charge is 0.379 e. The Hall–Kier alpha value is -1.49. The van der Waals surface area contributed by atoms with Gasteiger partial charge in [0.25, 0.3) is 5.91 Å². The van der Waals surface area contributed by atoms with E-state index in [4.69, 9.17) is 4.74 Å². The second-order valence-corrected chi connectivity index (χ2v) is 7.91. The standard InChI is InChI=1S/C14H23N5O4S/c20-14(12-11-18-5-3-15-2-1-13(18)17-12)16-4-10-24(21,22)19-6-8-23-9-7-19/h11,15H,1-10H2,(H,16,20). The molecule has 0 bridgehead atoms. The summed E-state index contributed by atoms with van der Waals surface area (Å²) in [7, 11) is -3.36. The number of nitrogens with one attached hydrogen (secondary N) is 2. The van der Waals surface area contributed by atoms with Gasteiger partial charge in [-0.25, -0.2) is 13.4 Å². The minimum Gasteiger partial charge on any atom is -0.379 e. The SMILES string of the molecule is O=C(NCCS(=O)(=O)N1CCOCC1)c1cn2c(n1)CCNCC2. The van der Waals surface area contributed by atoms with Crippen LogP contribution in [-0.4, -0.2) is 79.9 Å². The van der Waals surface area contributed by atoms with Crippen LogP contribution in [-0.2, 0) is 27.7 Å². The van der Waals surface area contributed by atoms with Crippen LogP contribution in [0.5, 0.6) is 0 Å². The van der Waals surface area contributed by atoms with E-state index in [2.05, 4.69) is 15.6 Å². The van der Waals surface area contributed by atoms with Gasteiger partial charge in [0, 0.05) is 51.9 Å². The number of rotatable bonds is 5. The van der Waals surface area contributed by atoms with Crippen molar-refractivity contribution in [1.29, 1.82) is 0 Å². The second-order valence-electron chi connectivity index (χ2n) is 5.82. The molecule has 3 rings (SSSR count). The molecular weight excluding hydrogens is 334 g/mol. The molecule has 0 radical (unpaired) electrons. The van der Waals surface area contributed by atoms with Crippen molar-refractivity contribution >= 4 is 15.9 Å². The van der Waals surface area contributed by atoms with Crippen LogP contribution < -0.4 is 10.6 Å². The summed E-state index contributed by atoms with van der Waals surface area (Å²) in [6.45, 7) is 4.12. The summed E-state index contributed by atoms with van der Waals surface area (Å²) in [5.74, 6) is 0.433. The van der Waals surface area contributed by atoms with Gasteiger partial charge in [-0.1, -0.05) is 0 Å². The zero-order chi connectivity index (χ0) is 17.0. The molecule has 1 aromatic rings. The topological polar surface area (TPSA) is 106 Å². The number of fused-ring (bicyclic) bond motifs is 1. The van der Waals surface area contributed by atoms with E-state index in [1.807, 2.05) is 4.57 Å². The van der Waals surface area contributed by atoms with E-state index in [-0.39, 0.29) is 18.2 Å². The number of carbonyl (C=O) groups excluding carboxylic acids is 1. The van der Waals surface area contributed by atoms with Crippen LogP contribution in [0.25, 0.3) is 0 Å². The Morgan fingerprint density at radius 2 is 2.08 bits per heavy atom. The number of carbonyl (C=O) groups is 1. The van der Waals surface area contributed by atoms with Crippen molar-refractivity contribution in [2.75, 3.05) is 51.7 Å². The van der Waals surface area contributed by atoms with E-state index >= 15 is 0 Å². The van der Waals surface area contributed by atoms with Gasteiger partial charge in [0.2, 0.25) is 10.0 Å². The fourth-order valence-electron chi connectivity index (χ4n) is 2.82. The molecule has 2 aliphatic heterocycles. The molecule has 9 nitrogen and oxygen atoms in total. The zero-order valence-electron chi connectivity index (χ0n) is 13.5. The van der Waals surface area contributed by atoms with E-state index in [1.165, 1.54) is 4.31 Å². The molecule has 0 aromatic carbocycles. The molecule has 0 unspecified atom stereocenters. The van der Waals surface area contributed by atoms with E-state index in [1.54, 1.807) is 6.20 Å². The van der Waals surface area contributed by atoms with Crippen molar-refractivity contribution in [3.05, 3.63) is 17.7 Å². The number of hydrogen-bond acceptors (Lipinski definition) is 6. The maximum atomic E-state index is 12.2. The smallest absolute Gasteiger partial charge is 0.271 e. The van der Waals surface area contributed by atoms with Crippen LogP contribution in [0.3, 0.4) is 0 Å². The van der Waals surface area contributed by atoms with Gasteiger partial charge in [-0.2, -0.15) is 4.31 Å². The molecule has 1 fully saturated rings. The zero-order valence-corrected chi connectivity index (χ0v) is 14.3. The Bertz CT molecular complexity index is 658. The molecule has 0 saturated carbocycles. The number of imidazole rings is 1. The molecule has 1 amide bonds. The molecule has 0 aliphatic carbocycles. The van der Waals surface area contributed by atoms with Gasteiger partial charge in [-0.15, -0.1) is 0 Å². The predicted molar refractivity (Wildman–Crippen MR) is 87.3 cm³/mol. The van der Waals surface area contributed by atoms with E-state index in [0.717, 1.165) is 31.9 Å². The Morgan fingerprint density at radius 1 is 1.29 bits per heavy atom. The molecule has 2 aliphatic rings. The number of ether oxygens (including phenoxy) is 1. The van der Waals surface area contributed by atoms with Crippen molar-refractivity contribution in [2.24, 2.45) is 0 Å². The number of hydrogen-bond donors (Lipinski definition) is 2. The first-order valence-corrected chi connectivity index (χ1v) is 9.78. The van der Waals surface area contributed by atoms with Crippen LogP contribution in [0.4, 0.5) is 0 Å². The molecule has 0 atom stereocenters. The number of sulfonamides is 1. The monoisotopic (exact) mass is 357 g/mol. The molecule has 2 N–H and O–H groups in total. The first-order chi connectivity index (χ1) is 11.6. The fraction of sp³-hybridized carbons (Fsp3) is 0.714. The number of morpholine rings is 1. The first kappa shape index (κ1) is 17.3. The summed E-state index contributed by atoms with van der Waals surface area (Å²) in [5, 5.41) is 5.92. The van der Waals surface area contributed by atoms with Gasteiger partial charge in [0.15, 0.2) is 0 Å². The number of aromatic nitrogens is 2. The molecule has 1 saturated heterocycles. The van der Waals surface area contributed by atoms with Crippen molar-refractivity contribution in [3.8, 4) is 0 Å². The average Bonchev–Trinajstić information content (AvgIpc) is 2.86. The quantitative estimate of drug-likeness (QED) is 0.659. The summed E-state index contributed by atoms with van der Waals surface area (Å²) < 4.78 is 32.9. The van der Waals surface area contributed by atoms with Crippen LogP contribution in [0.1, 0.15) is 16.3 Å². The highest BCUT2D eigenvalue weighted by Crippen LogP contribution is 2.07. The summed E-state index contributed by atoms with van der Waals surface area (Å²) in [5.41, 5.74) is 0.343. The summed E-state index contributed by atoms with van der Waals surface area (Å²) >= 11 is 0. The third-order valence-corrected chi connectivity index (χ3v) is 6.03. The lowest BCUT2D eigenvalue weighted by atomic mass is 10.4. The van der Waals surface area contributed by atoms with Gasteiger partial charge in [0.1, 0.15) is 11.5 Å². The maximum absolute atomic E-state index is 12.2. The predicted octanol–water partition coefficient (Wildman–Crippen LogP) is -1.58. The van der Waals surface area contributed by atoms with Gasteiger partial charge in [-0.05, 0) is 0 Å².